The lowest BCUT2D eigenvalue weighted by molar-refractivity contribution is -0.0328. The molecule has 1 aromatic carbocycles. The van der Waals surface area contributed by atoms with Crippen LogP contribution in [-0.4, -0.2) is 18.3 Å². The fourth-order valence-electron chi connectivity index (χ4n) is 2.40. The van der Waals surface area contributed by atoms with E-state index in [1.165, 1.54) is 0 Å². The largest absolute Gasteiger partial charge is 0.490 e. The van der Waals surface area contributed by atoms with E-state index in [2.05, 4.69) is 13.8 Å². The van der Waals surface area contributed by atoms with E-state index in [9.17, 15) is 0 Å². The third-order valence-corrected chi connectivity index (χ3v) is 3.69. The van der Waals surface area contributed by atoms with E-state index < -0.39 is 0 Å². The maximum atomic E-state index is 5.93. The van der Waals surface area contributed by atoms with Crippen LogP contribution < -0.4 is 4.74 Å². The molecule has 1 atom stereocenters. The SMILES string of the molecule is Cc1cccc(CCl)c1OCC1CCC(C)(C)O1. The minimum atomic E-state index is -0.00489. The molecule has 0 bridgehead atoms. The summed E-state index contributed by atoms with van der Waals surface area (Å²) in [6.07, 6.45) is 2.36. The van der Waals surface area contributed by atoms with Crippen molar-refractivity contribution in [3.63, 3.8) is 0 Å². The van der Waals surface area contributed by atoms with Crippen LogP contribution in [0.4, 0.5) is 0 Å². The van der Waals surface area contributed by atoms with E-state index in [0.29, 0.717) is 12.5 Å². The molecule has 1 aromatic rings. The Bertz CT molecular complexity index is 415. The molecule has 0 spiro atoms. The van der Waals surface area contributed by atoms with Gasteiger partial charge in [0.25, 0.3) is 0 Å². The summed E-state index contributed by atoms with van der Waals surface area (Å²) in [5.74, 6) is 1.40. The molecule has 18 heavy (non-hydrogen) atoms. The minimum Gasteiger partial charge on any atom is -0.490 e. The van der Waals surface area contributed by atoms with Crippen LogP contribution in [0.1, 0.15) is 37.8 Å². The zero-order valence-corrected chi connectivity index (χ0v) is 12.1. The average molecular weight is 269 g/mol. The minimum absolute atomic E-state index is 0.00489. The Labute approximate surface area is 114 Å². The standard InChI is InChI=1S/C15H21ClO2/c1-11-5-4-6-12(9-16)14(11)17-10-13-7-8-15(2,3)18-13/h4-6,13H,7-10H2,1-3H3. The number of rotatable bonds is 4. The predicted molar refractivity (Wildman–Crippen MR) is 74.4 cm³/mol. The van der Waals surface area contributed by atoms with E-state index in [1.54, 1.807) is 0 Å². The van der Waals surface area contributed by atoms with Gasteiger partial charge >= 0.3 is 0 Å². The summed E-state index contributed by atoms with van der Waals surface area (Å²) in [6, 6.07) is 6.06. The van der Waals surface area contributed by atoms with Crippen LogP contribution in [0, 0.1) is 6.92 Å². The van der Waals surface area contributed by atoms with Crippen molar-refractivity contribution >= 4 is 11.6 Å². The Morgan fingerprint density at radius 2 is 2.22 bits per heavy atom. The van der Waals surface area contributed by atoms with Crippen molar-refractivity contribution in [2.24, 2.45) is 0 Å². The average Bonchev–Trinajstić information content (AvgIpc) is 2.67. The summed E-state index contributed by atoms with van der Waals surface area (Å²) >= 11 is 5.93. The summed E-state index contributed by atoms with van der Waals surface area (Å²) in [5.41, 5.74) is 2.18. The van der Waals surface area contributed by atoms with Crippen LogP contribution in [-0.2, 0) is 10.6 Å². The highest BCUT2D eigenvalue weighted by Gasteiger charge is 2.32. The van der Waals surface area contributed by atoms with Crippen LogP contribution in [0.25, 0.3) is 0 Å². The summed E-state index contributed by atoms with van der Waals surface area (Å²) < 4.78 is 11.9. The molecule has 0 aromatic heterocycles. The second kappa shape index (κ2) is 5.50. The summed E-state index contributed by atoms with van der Waals surface area (Å²) in [4.78, 5) is 0. The Morgan fingerprint density at radius 1 is 1.44 bits per heavy atom. The fraction of sp³-hybridized carbons (Fsp3) is 0.600. The highest BCUT2D eigenvalue weighted by molar-refractivity contribution is 6.17. The smallest absolute Gasteiger partial charge is 0.126 e. The number of ether oxygens (including phenoxy) is 2. The lowest BCUT2D eigenvalue weighted by atomic mass is 10.1. The lowest BCUT2D eigenvalue weighted by Gasteiger charge is -2.20. The third-order valence-electron chi connectivity index (χ3n) is 3.41. The van der Waals surface area contributed by atoms with Gasteiger partial charge in [0.2, 0.25) is 0 Å². The van der Waals surface area contributed by atoms with Gasteiger partial charge in [-0.05, 0) is 39.2 Å². The molecule has 1 unspecified atom stereocenters. The van der Waals surface area contributed by atoms with Crippen molar-refractivity contribution in [3.05, 3.63) is 29.3 Å². The maximum absolute atomic E-state index is 5.93. The summed E-state index contributed by atoms with van der Waals surface area (Å²) in [7, 11) is 0. The Balaban J connectivity index is 1.98. The Kier molecular flexibility index (Phi) is 4.18. The van der Waals surface area contributed by atoms with Gasteiger partial charge in [-0.2, -0.15) is 0 Å². The first-order chi connectivity index (χ1) is 8.52. The Morgan fingerprint density at radius 3 is 2.83 bits per heavy atom. The number of hydrogen-bond donors (Lipinski definition) is 0. The van der Waals surface area contributed by atoms with Gasteiger partial charge in [0.15, 0.2) is 0 Å². The maximum Gasteiger partial charge on any atom is 0.126 e. The van der Waals surface area contributed by atoms with Crippen molar-refractivity contribution in [2.45, 2.75) is 51.2 Å². The van der Waals surface area contributed by atoms with Crippen molar-refractivity contribution < 1.29 is 9.47 Å². The van der Waals surface area contributed by atoms with Gasteiger partial charge in [-0.1, -0.05) is 18.2 Å². The molecule has 0 N–H and O–H groups in total. The second-order valence-corrected chi connectivity index (χ2v) is 5.81. The highest BCUT2D eigenvalue weighted by atomic mass is 35.5. The molecule has 1 aliphatic heterocycles. The first-order valence-corrected chi connectivity index (χ1v) is 7.00. The molecular weight excluding hydrogens is 248 g/mol. The molecule has 3 heteroatoms. The van der Waals surface area contributed by atoms with Gasteiger partial charge in [-0.25, -0.2) is 0 Å². The molecule has 0 aliphatic carbocycles. The number of para-hydroxylation sites is 1. The molecule has 0 saturated carbocycles. The van der Waals surface area contributed by atoms with Gasteiger partial charge < -0.3 is 9.47 Å². The molecule has 1 fully saturated rings. The van der Waals surface area contributed by atoms with Crippen LogP contribution in [0.3, 0.4) is 0 Å². The van der Waals surface area contributed by atoms with Crippen molar-refractivity contribution in [2.75, 3.05) is 6.61 Å². The number of aryl methyl sites for hydroxylation is 1. The highest BCUT2D eigenvalue weighted by Crippen LogP contribution is 2.31. The fourth-order valence-corrected chi connectivity index (χ4v) is 2.61. The molecule has 0 radical (unpaired) electrons. The van der Waals surface area contributed by atoms with Crippen molar-refractivity contribution in [1.82, 2.24) is 0 Å². The van der Waals surface area contributed by atoms with E-state index in [4.69, 9.17) is 21.1 Å². The van der Waals surface area contributed by atoms with Gasteiger partial charge in [0.05, 0.1) is 17.6 Å². The quantitative estimate of drug-likeness (QED) is 0.767. The summed E-state index contributed by atoms with van der Waals surface area (Å²) in [5, 5.41) is 0. The molecule has 1 heterocycles. The van der Waals surface area contributed by atoms with Crippen LogP contribution in [0.5, 0.6) is 5.75 Å². The third kappa shape index (κ3) is 3.18. The first-order valence-electron chi connectivity index (χ1n) is 6.47. The second-order valence-electron chi connectivity index (χ2n) is 5.55. The van der Waals surface area contributed by atoms with Gasteiger partial charge in [0, 0.05) is 5.56 Å². The van der Waals surface area contributed by atoms with E-state index in [-0.39, 0.29) is 11.7 Å². The molecule has 1 saturated heterocycles. The van der Waals surface area contributed by atoms with Gasteiger partial charge in [0.1, 0.15) is 12.4 Å². The summed E-state index contributed by atoms with van der Waals surface area (Å²) in [6.45, 7) is 6.92. The van der Waals surface area contributed by atoms with Gasteiger partial charge in [-0.15, -0.1) is 11.6 Å². The predicted octanol–water partition coefficient (Wildman–Crippen LogP) is 4.07. The number of alkyl halides is 1. The molecule has 2 nitrogen and oxygen atoms in total. The van der Waals surface area contributed by atoms with Crippen molar-refractivity contribution in [3.8, 4) is 5.75 Å². The zero-order chi connectivity index (χ0) is 13.2. The molecule has 1 aliphatic rings. The van der Waals surface area contributed by atoms with Crippen LogP contribution in [0.2, 0.25) is 0 Å². The topological polar surface area (TPSA) is 18.5 Å². The van der Waals surface area contributed by atoms with E-state index in [1.807, 2.05) is 25.1 Å². The van der Waals surface area contributed by atoms with Crippen LogP contribution >= 0.6 is 11.6 Å². The molecule has 0 amide bonds. The first kappa shape index (κ1) is 13.7. The molecule has 100 valence electrons. The normalized spacial score (nSPS) is 22.1. The monoisotopic (exact) mass is 268 g/mol. The van der Waals surface area contributed by atoms with E-state index >= 15 is 0 Å². The lowest BCUT2D eigenvalue weighted by Crippen LogP contribution is -2.24. The molecular formula is C15H21ClO2. The zero-order valence-electron chi connectivity index (χ0n) is 11.3. The van der Waals surface area contributed by atoms with Crippen molar-refractivity contribution in [1.29, 1.82) is 0 Å². The molecule has 2 rings (SSSR count). The number of halogens is 1. The number of benzene rings is 1. The van der Waals surface area contributed by atoms with Gasteiger partial charge in [-0.3, -0.25) is 0 Å². The number of hydrogen-bond acceptors (Lipinski definition) is 2. The van der Waals surface area contributed by atoms with Crippen LogP contribution in [0.15, 0.2) is 18.2 Å². The van der Waals surface area contributed by atoms with E-state index in [0.717, 1.165) is 29.7 Å². The Hall–Kier alpha value is -0.730.